The first-order chi connectivity index (χ1) is 14.6. The lowest BCUT2D eigenvalue weighted by atomic mass is 10.1. The maximum absolute atomic E-state index is 12.4. The van der Waals surface area contributed by atoms with Crippen molar-refractivity contribution < 1.29 is 18.3 Å². The zero-order valence-electron chi connectivity index (χ0n) is 17.0. The smallest absolute Gasteiger partial charge is 0.228 e. The maximum atomic E-state index is 12.4. The Balaban J connectivity index is 1.61. The summed E-state index contributed by atoms with van der Waals surface area (Å²) in [5.74, 6) is -0.592. The average Bonchev–Trinajstić information content (AvgIpc) is 2.70. The molecule has 162 valence electrons. The number of phenolic OH excluding ortho intramolecular Hbond substituents is 1. The van der Waals surface area contributed by atoms with E-state index in [1.807, 2.05) is 36.4 Å². The monoisotopic (exact) mass is 519 g/mol. The number of phenols is 1. The fraction of sp³-hybridized carbons (Fsp3) is 0.174. The molecule has 0 aliphatic heterocycles. The first kappa shape index (κ1) is 23.4. The molecule has 1 amide bonds. The van der Waals surface area contributed by atoms with Gasteiger partial charge in [0.2, 0.25) is 5.91 Å². The molecule has 3 rings (SSSR count). The molecule has 0 saturated heterocycles. The zero-order valence-corrected chi connectivity index (χ0v) is 20.2. The molecule has 1 atom stereocenters. The molecule has 0 bridgehead atoms. The van der Waals surface area contributed by atoms with Crippen LogP contribution in [0.3, 0.4) is 0 Å². The molecule has 3 aromatic carbocycles. The van der Waals surface area contributed by atoms with E-state index in [0.29, 0.717) is 11.3 Å². The molecule has 0 aliphatic carbocycles. The Bertz CT molecular complexity index is 1180. The fourth-order valence-corrected chi connectivity index (χ4v) is 5.05. The summed E-state index contributed by atoms with van der Waals surface area (Å²) < 4.78 is 24.5. The SMILES string of the molecule is CC(Sc1ccc(NC(=O)Cc2ccc(O)c(S(C)(=O)=O)c2)cc1)c1ccc(Br)cc1. The Kier molecular flexibility index (Phi) is 7.46. The minimum Gasteiger partial charge on any atom is -0.507 e. The van der Waals surface area contributed by atoms with Gasteiger partial charge >= 0.3 is 0 Å². The molecule has 0 fully saturated rings. The lowest BCUT2D eigenvalue weighted by Crippen LogP contribution is -2.14. The van der Waals surface area contributed by atoms with Gasteiger partial charge in [0, 0.05) is 26.6 Å². The molecular formula is C23H22BrNO4S2. The molecule has 0 aromatic heterocycles. The van der Waals surface area contributed by atoms with E-state index in [2.05, 4.69) is 40.3 Å². The van der Waals surface area contributed by atoms with Crippen molar-refractivity contribution in [1.82, 2.24) is 0 Å². The number of thioether (sulfide) groups is 1. The molecule has 3 aromatic rings. The number of hydrogen-bond acceptors (Lipinski definition) is 5. The van der Waals surface area contributed by atoms with Gasteiger partial charge in [0.25, 0.3) is 0 Å². The molecule has 0 spiro atoms. The maximum Gasteiger partial charge on any atom is 0.228 e. The van der Waals surface area contributed by atoms with Gasteiger partial charge in [-0.1, -0.05) is 34.1 Å². The number of amides is 1. The van der Waals surface area contributed by atoms with Gasteiger partial charge in [-0.15, -0.1) is 11.8 Å². The van der Waals surface area contributed by atoms with Gasteiger partial charge in [0.1, 0.15) is 10.6 Å². The molecule has 2 N–H and O–H groups in total. The summed E-state index contributed by atoms with van der Waals surface area (Å²) in [5, 5.41) is 12.8. The van der Waals surface area contributed by atoms with Crippen LogP contribution in [-0.4, -0.2) is 25.7 Å². The highest BCUT2D eigenvalue weighted by Gasteiger charge is 2.15. The van der Waals surface area contributed by atoms with Gasteiger partial charge in [0.15, 0.2) is 9.84 Å². The average molecular weight is 520 g/mol. The van der Waals surface area contributed by atoms with E-state index in [1.54, 1.807) is 11.8 Å². The summed E-state index contributed by atoms with van der Waals surface area (Å²) in [7, 11) is -3.57. The molecule has 1 unspecified atom stereocenters. The minimum absolute atomic E-state index is 0.0000970. The fourth-order valence-electron chi connectivity index (χ4n) is 2.98. The molecule has 0 radical (unpaired) electrons. The van der Waals surface area contributed by atoms with E-state index in [0.717, 1.165) is 15.6 Å². The summed E-state index contributed by atoms with van der Waals surface area (Å²) in [6.45, 7) is 2.14. The van der Waals surface area contributed by atoms with Crippen LogP contribution in [0, 0.1) is 0 Å². The van der Waals surface area contributed by atoms with E-state index in [1.165, 1.54) is 23.8 Å². The van der Waals surface area contributed by atoms with Crippen LogP contribution in [0.5, 0.6) is 5.75 Å². The number of halogens is 1. The predicted molar refractivity (Wildman–Crippen MR) is 128 cm³/mol. The van der Waals surface area contributed by atoms with Crippen molar-refractivity contribution in [3.8, 4) is 5.75 Å². The topological polar surface area (TPSA) is 83.5 Å². The van der Waals surface area contributed by atoms with Crippen LogP contribution in [0.15, 0.2) is 81.0 Å². The number of benzene rings is 3. The normalized spacial score (nSPS) is 12.4. The highest BCUT2D eigenvalue weighted by molar-refractivity contribution is 9.10. The van der Waals surface area contributed by atoms with Gasteiger partial charge in [-0.25, -0.2) is 8.42 Å². The second-order valence-corrected chi connectivity index (χ2v) is 11.4. The highest BCUT2D eigenvalue weighted by Crippen LogP contribution is 2.35. The first-order valence-electron chi connectivity index (χ1n) is 9.46. The molecular weight excluding hydrogens is 498 g/mol. The third kappa shape index (κ3) is 6.59. The van der Waals surface area contributed by atoms with Crippen LogP contribution in [0.25, 0.3) is 0 Å². The Hall–Kier alpha value is -2.29. The molecule has 8 heteroatoms. The Labute approximate surface area is 194 Å². The van der Waals surface area contributed by atoms with Gasteiger partial charge in [-0.05, 0) is 66.6 Å². The third-order valence-electron chi connectivity index (χ3n) is 4.58. The molecule has 0 heterocycles. The van der Waals surface area contributed by atoms with Crippen LogP contribution in [0.1, 0.15) is 23.3 Å². The third-order valence-corrected chi connectivity index (χ3v) is 7.40. The van der Waals surface area contributed by atoms with Crippen molar-refractivity contribution in [2.75, 3.05) is 11.6 Å². The predicted octanol–water partition coefficient (Wildman–Crippen LogP) is 5.59. The van der Waals surface area contributed by atoms with Crippen LogP contribution in [-0.2, 0) is 21.1 Å². The number of hydrogen-bond donors (Lipinski definition) is 2. The van der Waals surface area contributed by atoms with Crippen molar-refractivity contribution in [3.05, 3.63) is 82.3 Å². The van der Waals surface area contributed by atoms with Gasteiger partial charge < -0.3 is 10.4 Å². The number of nitrogens with one attached hydrogen (secondary N) is 1. The van der Waals surface area contributed by atoms with Crippen molar-refractivity contribution in [3.63, 3.8) is 0 Å². The van der Waals surface area contributed by atoms with Crippen LogP contribution < -0.4 is 5.32 Å². The Morgan fingerprint density at radius 1 is 1.06 bits per heavy atom. The molecule has 0 aliphatic rings. The zero-order chi connectivity index (χ0) is 22.6. The Morgan fingerprint density at radius 2 is 1.71 bits per heavy atom. The van der Waals surface area contributed by atoms with Gasteiger partial charge in [0.05, 0.1) is 6.42 Å². The summed E-state index contributed by atoms with van der Waals surface area (Å²) in [4.78, 5) is 13.3. The summed E-state index contributed by atoms with van der Waals surface area (Å²) in [5.41, 5.74) is 2.40. The van der Waals surface area contributed by atoms with Gasteiger partial charge in [-0.3, -0.25) is 4.79 Å². The van der Waals surface area contributed by atoms with Crippen LogP contribution >= 0.6 is 27.7 Å². The van der Waals surface area contributed by atoms with Crippen molar-refractivity contribution in [2.45, 2.75) is 28.4 Å². The highest BCUT2D eigenvalue weighted by atomic mass is 79.9. The standard InChI is InChI=1S/C23H22BrNO4S2/c1-15(17-4-6-18(24)7-5-17)30-20-10-8-19(9-11-20)25-23(27)14-16-3-12-21(26)22(13-16)31(2,28)29/h3-13,15,26H,14H2,1-2H3,(H,25,27). The minimum atomic E-state index is -3.57. The Morgan fingerprint density at radius 3 is 2.32 bits per heavy atom. The molecule has 0 saturated carbocycles. The lowest BCUT2D eigenvalue weighted by molar-refractivity contribution is -0.115. The van der Waals surface area contributed by atoms with E-state index in [9.17, 15) is 18.3 Å². The number of anilines is 1. The van der Waals surface area contributed by atoms with Crippen molar-refractivity contribution in [1.29, 1.82) is 0 Å². The van der Waals surface area contributed by atoms with Gasteiger partial charge in [-0.2, -0.15) is 0 Å². The number of carbonyl (C=O) groups excluding carboxylic acids is 1. The van der Waals surface area contributed by atoms with Crippen molar-refractivity contribution in [2.24, 2.45) is 0 Å². The van der Waals surface area contributed by atoms with Crippen LogP contribution in [0.2, 0.25) is 0 Å². The number of aromatic hydroxyl groups is 1. The first-order valence-corrected chi connectivity index (χ1v) is 13.0. The number of rotatable bonds is 7. The van der Waals surface area contributed by atoms with Crippen molar-refractivity contribution >= 4 is 49.1 Å². The summed E-state index contributed by atoms with van der Waals surface area (Å²) in [6, 6.07) is 20.0. The number of carbonyl (C=O) groups is 1. The second-order valence-electron chi connectivity index (χ2n) is 7.14. The van der Waals surface area contributed by atoms with E-state index in [-0.39, 0.29) is 28.2 Å². The van der Waals surface area contributed by atoms with E-state index in [4.69, 9.17) is 0 Å². The molecule has 5 nitrogen and oxygen atoms in total. The lowest BCUT2D eigenvalue weighted by Gasteiger charge is -2.12. The molecule has 31 heavy (non-hydrogen) atoms. The number of sulfone groups is 1. The summed E-state index contributed by atoms with van der Waals surface area (Å²) in [6.07, 6.45) is 1.02. The van der Waals surface area contributed by atoms with Crippen LogP contribution in [0.4, 0.5) is 5.69 Å². The summed E-state index contributed by atoms with van der Waals surface area (Å²) >= 11 is 5.18. The van der Waals surface area contributed by atoms with E-state index < -0.39 is 9.84 Å². The van der Waals surface area contributed by atoms with E-state index >= 15 is 0 Å². The quantitative estimate of drug-likeness (QED) is 0.397. The second kappa shape index (κ2) is 9.89. The largest absolute Gasteiger partial charge is 0.507 e.